The second-order valence-corrected chi connectivity index (χ2v) is 7.54. The molecule has 0 spiro atoms. The summed E-state index contributed by atoms with van der Waals surface area (Å²) in [4.78, 5) is 19.3. The molecule has 0 atom stereocenters. The molecule has 31 heavy (non-hydrogen) atoms. The first-order valence-corrected chi connectivity index (χ1v) is 10.1. The van der Waals surface area contributed by atoms with E-state index in [4.69, 9.17) is 0 Å². The van der Waals surface area contributed by atoms with Crippen LogP contribution in [0.1, 0.15) is 29.7 Å². The quantitative estimate of drug-likeness (QED) is 0.542. The smallest absolute Gasteiger partial charge is 0.251 e. The van der Waals surface area contributed by atoms with Gasteiger partial charge in [0, 0.05) is 61.7 Å². The van der Waals surface area contributed by atoms with Gasteiger partial charge in [0.1, 0.15) is 12.1 Å². The first-order chi connectivity index (χ1) is 15.0. The summed E-state index contributed by atoms with van der Waals surface area (Å²) in [6, 6.07) is 11.8. The maximum absolute atomic E-state index is 13.6. The van der Waals surface area contributed by atoms with E-state index in [-0.39, 0.29) is 25.9 Å². The third-order valence-electron chi connectivity index (χ3n) is 5.42. The predicted octanol–water partition coefficient (Wildman–Crippen LogP) is 5.06. The Morgan fingerprint density at radius 3 is 2.65 bits per heavy atom. The lowest BCUT2D eigenvalue weighted by molar-refractivity contribution is -0.0221. The van der Waals surface area contributed by atoms with Gasteiger partial charge in [0.05, 0.1) is 11.4 Å². The molecule has 0 radical (unpaired) electrons. The minimum absolute atomic E-state index is 0.174. The Morgan fingerprint density at radius 2 is 1.94 bits per heavy atom. The molecule has 1 aliphatic heterocycles. The molecule has 0 bridgehead atoms. The average Bonchev–Trinajstić information content (AvgIpc) is 2.79. The van der Waals surface area contributed by atoms with Crippen molar-refractivity contribution in [2.45, 2.75) is 25.7 Å². The number of aliphatic imine (C=N–C) groups is 1. The second kappa shape index (κ2) is 8.71. The molecular formula is C24H23F2N5. The number of aryl methyl sites for hydroxylation is 1. The third-order valence-corrected chi connectivity index (χ3v) is 5.42. The lowest BCUT2D eigenvalue weighted by Gasteiger charge is -2.32. The van der Waals surface area contributed by atoms with E-state index < -0.39 is 5.92 Å². The van der Waals surface area contributed by atoms with Gasteiger partial charge in [-0.15, -0.1) is 0 Å². The molecule has 0 saturated carbocycles. The summed E-state index contributed by atoms with van der Waals surface area (Å²) < 4.78 is 27.1. The van der Waals surface area contributed by atoms with Gasteiger partial charge in [0.15, 0.2) is 0 Å². The van der Waals surface area contributed by atoms with Crippen LogP contribution < -0.4 is 4.90 Å². The number of anilines is 1. The van der Waals surface area contributed by atoms with Gasteiger partial charge in [-0.3, -0.25) is 9.98 Å². The summed E-state index contributed by atoms with van der Waals surface area (Å²) in [5.74, 6) is -1.98. The molecule has 1 fully saturated rings. The van der Waals surface area contributed by atoms with Crippen LogP contribution in [0.2, 0.25) is 0 Å². The van der Waals surface area contributed by atoms with Crippen LogP contribution in [0.3, 0.4) is 0 Å². The fourth-order valence-corrected chi connectivity index (χ4v) is 3.67. The molecule has 0 aliphatic carbocycles. The highest BCUT2D eigenvalue weighted by Crippen LogP contribution is 2.30. The first-order valence-electron chi connectivity index (χ1n) is 10.1. The number of nitrogens with zero attached hydrogens (tertiary/aromatic N) is 5. The molecule has 0 unspecified atom stereocenters. The highest BCUT2D eigenvalue weighted by Gasteiger charge is 2.34. The van der Waals surface area contributed by atoms with Crippen molar-refractivity contribution in [2.24, 2.45) is 4.99 Å². The van der Waals surface area contributed by atoms with Gasteiger partial charge < -0.3 is 4.90 Å². The van der Waals surface area contributed by atoms with Crippen molar-refractivity contribution in [1.82, 2.24) is 15.0 Å². The van der Waals surface area contributed by atoms with Crippen molar-refractivity contribution >= 4 is 11.5 Å². The number of alkyl halides is 2. The van der Waals surface area contributed by atoms with E-state index in [2.05, 4.69) is 32.6 Å². The van der Waals surface area contributed by atoms with E-state index in [1.54, 1.807) is 6.20 Å². The Morgan fingerprint density at radius 1 is 1.13 bits per heavy atom. The third kappa shape index (κ3) is 4.66. The van der Waals surface area contributed by atoms with E-state index in [1.165, 1.54) is 12.5 Å². The van der Waals surface area contributed by atoms with Crippen molar-refractivity contribution in [2.75, 3.05) is 18.0 Å². The zero-order valence-corrected chi connectivity index (χ0v) is 17.3. The van der Waals surface area contributed by atoms with Crippen LogP contribution in [0.4, 0.5) is 14.6 Å². The normalized spacial score (nSPS) is 16.2. The number of hydrogen-bond donors (Lipinski definition) is 0. The van der Waals surface area contributed by atoms with Gasteiger partial charge in [0.2, 0.25) is 0 Å². The molecule has 1 saturated heterocycles. The SMILES string of the molecule is C=CN=C(c1cc(N2CCC(F)(F)CC2)ncn1)c1cc(-c2cccnc2)ccc1C. The highest BCUT2D eigenvalue weighted by atomic mass is 19.3. The van der Waals surface area contributed by atoms with E-state index in [9.17, 15) is 8.78 Å². The number of pyridine rings is 1. The molecular weight excluding hydrogens is 396 g/mol. The van der Waals surface area contributed by atoms with Crippen molar-refractivity contribution in [3.8, 4) is 11.1 Å². The van der Waals surface area contributed by atoms with E-state index in [0.717, 1.165) is 22.3 Å². The van der Waals surface area contributed by atoms with Crippen molar-refractivity contribution < 1.29 is 8.78 Å². The lowest BCUT2D eigenvalue weighted by atomic mass is 9.96. The van der Waals surface area contributed by atoms with Crippen molar-refractivity contribution in [3.05, 3.63) is 84.7 Å². The van der Waals surface area contributed by atoms with Crippen LogP contribution in [0, 0.1) is 6.92 Å². The summed E-state index contributed by atoms with van der Waals surface area (Å²) in [7, 11) is 0. The largest absolute Gasteiger partial charge is 0.356 e. The molecule has 3 heterocycles. The topological polar surface area (TPSA) is 54.3 Å². The Labute approximate surface area is 180 Å². The van der Waals surface area contributed by atoms with Gasteiger partial charge in [-0.25, -0.2) is 18.7 Å². The average molecular weight is 419 g/mol. The van der Waals surface area contributed by atoms with Crippen LogP contribution in [-0.4, -0.2) is 39.7 Å². The van der Waals surface area contributed by atoms with E-state index in [1.807, 2.05) is 48.4 Å². The van der Waals surface area contributed by atoms with Crippen LogP contribution in [-0.2, 0) is 0 Å². The van der Waals surface area contributed by atoms with Crippen LogP contribution in [0.5, 0.6) is 0 Å². The lowest BCUT2D eigenvalue weighted by Crippen LogP contribution is -2.39. The maximum Gasteiger partial charge on any atom is 0.251 e. The number of halogens is 2. The molecule has 5 nitrogen and oxygen atoms in total. The Balaban J connectivity index is 1.71. The molecule has 7 heteroatoms. The van der Waals surface area contributed by atoms with E-state index in [0.29, 0.717) is 17.2 Å². The van der Waals surface area contributed by atoms with Gasteiger partial charge in [-0.05, 0) is 30.2 Å². The number of hydrogen-bond acceptors (Lipinski definition) is 5. The number of aromatic nitrogens is 3. The summed E-state index contributed by atoms with van der Waals surface area (Å²) in [6.45, 7) is 6.28. The number of rotatable bonds is 5. The fraction of sp³-hybridized carbons (Fsp3) is 0.250. The zero-order chi connectivity index (χ0) is 21.8. The van der Waals surface area contributed by atoms with Gasteiger partial charge in [0.25, 0.3) is 5.92 Å². The highest BCUT2D eigenvalue weighted by molar-refractivity contribution is 6.13. The van der Waals surface area contributed by atoms with Gasteiger partial charge in [-0.2, -0.15) is 0 Å². The Bertz CT molecular complexity index is 1100. The minimum atomic E-state index is -2.61. The number of piperidine rings is 1. The molecule has 0 N–H and O–H groups in total. The van der Waals surface area contributed by atoms with E-state index >= 15 is 0 Å². The standard InChI is InChI=1S/C24H23F2N5/c1-3-28-23(20-13-18(7-6-17(20)2)19-5-4-10-27-15-19)21-14-22(30-16-29-21)31-11-8-24(25,26)9-12-31/h3-7,10,13-16H,1,8-9,11-12H2,2H3. The minimum Gasteiger partial charge on any atom is -0.356 e. The Kier molecular flexibility index (Phi) is 5.84. The molecule has 0 amide bonds. The molecule has 1 aromatic carbocycles. The summed E-state index contributed by atoms with van der Waals surface area (Å²) >= 11 is 0. The molecule has 3 aromatic rings. The molecule has 158 valence electrons. The van der Waals surface area contributed by atoms with Crippen molar-refractivity contribution in [3.63, 3.8) is 0 Å². The summed E-state index contributed by atoms with van der Waals surface area (Å²) in [6.07, 6.45) is 6.14. The first kappa shape index (κ1) is 20.8. The zero-order valence-electron chi connectivity index (χ0n) is 17.3. The van der Waals surface area contributed by atoms with Gasteiger partial charge in [-0.1, -0.05) is 24.8 Å². The molecule has 2 aromatic heterocycles. The Hall–Kier alpha value is -3.48. The summed E-state index contributed by atoms with van der Waals surface area (Å²) in [5, 5.41) is 0. The van der Waals surface area contributed by atoms with Crippen molar-refractivity contribution in [1.29, 1.82) is 0 Å². The maximum atomic E-state index is 13.6. The van der Waals surface area contributed by atoms with Crippen LogP contribution in [0.15, 0.2) is 72.9 Å². The molecule has 1 aliphatic rings. The predicted molar refractivity (Wildman–Crippen MR) is 119 cm³/mol. The monoisotopic (exact) mass is 419 g/mol. The van der Waals surface area contributed by atoms with Crippen LogP contribution >= 0.6 is 0 Å². The van der Waals surface area contributed by atoms with Gasteiger partial charge >= 0.3 is 0 Å². The van der Waals surface area contributed by atoms with Crippen LogP contribution in [0.25, 0.3) is 11.1 Å². The number of benzene rings is 1. The second-order valence-electron chi connectivity index (χ2n) is 7.54. The molecule has 4 rings (SSSR count). The fourth-order valence-electron chi connectivity index (χ4n) is 3.67. The summed E-state index contributed by atoms with van der Waals surface area (Å²) in [5.41, 5.74) is 5.23.